The normalized spacial score (nSPS) is 9.90. The van der Waals surface area contributed by atoms with E-state index in [4.69, 9.17) is 11.6 Å². The summed E-state index contributed by atoms with van der Waals surface area (Å²) >= 11 is 8.56. The molecule has 0 N–H and O–H groups in total. The Balaban J connectivity index is 3.17. The Bertz CT molecular complexity index is 221. The van der Waals surface area contributed by atoms with Gasteiger partial charge in [-0.2, -0.15) is 0 Å². The number of halogens is 3. The fourth-order valence-electron chi connectivity index (χ4n) is 0.566. The molecule has 0 aliphatic heterocycles. The Kier molecular flexibility index (Phi) is 2.63. The van der Waals surface area contributed by atoms with Gasteiger partial charge in [-0.1, -0.05) is 0 Å². The molecule has 1 aromatic heterocycles. The molecular weight excluding hydrogens is 220 g/mol. The van der Waals surface area contributed by atoms with Crippen LogP contribution < -0.4 is 0 Å². The van der Waals surface area contributed by atoms with E-state index >= 15 is 0 Å². The van der Waals surface area contributed by atoms with Gasteiger partial charge in [0.15, 0.2) is 0 Å². The van der Waals surface area contributed by atoms with Gasteiger partial charge in [0.25, 0.3) is 0 Å². The SMILES string of the molecule is Fc1cncc(Br)c1CCl. The molecule has 0 radical (unpaired) electrons. The summed E-state index contributed by atoms with van der Waals surface area (Å²) in [6.07, 6.45) is 2.66. The first kappa shape index (κ1) is 7.95. The third kappa shape index (κ3) is 1.47. The molecule has 0 aromatic carbocycles. The number of aromatic nitrogens is 1. The van der Waals surface area contributed by atoms with Crippen molar-refractivity contribution in [3.63, 3.8) is 0 Å². The van der Waals surface area contributed by atoms with Gasteiger partial charge in [-0.15, -0.1) is 11.6 Å². The van der Waals surface area contributed by atoms with Crippen LogP contribution >= 0.6 is 27.5 Å². The molecule has 1 nitrogen and oxygen atoms in total. The van der Waals surface area contributed by atoms with E-state index in [1.165, 1.54) is 6.20 Å². The lowest BCUT2D eigenvalue weighted by Crippen LogP contribution is -1.88. The van der Waals surface area contributed by atoms with E-state index in [2.05, 4.69) is 20.9 Å². The second-order valence-electron chi connectivity index (χ2n) is 1.72. The number of hydrogen-bond donors (Lipinski definition) is 0. The van der Waals surface area contributed by atoms with E-state index in [1.807, 2.05) is 0 Å². The molecule has 10 heavy (non-hydrogen) atoms. The van der Waals surface area contributed by atoms with Gasteiger partial charge in [0.2, 0.25) is 0 Å². The molecule has 0 saturated carbocycles. The van der Waals surface area contributed by atoms with E-state index in [-0.39, 0.29) is 11.7 Å². The second-order valence-corrected chi connectivity index (χ2v) is 2.84. The molecule has 0 aliphatic rings. The molecule has 1 rings (SSSR count). The Hall–Kier alpha value is -0.150. The highest BCUT2D eigenvalue weighted by Gasteiger charge is 2.03. The van der Waals surface area contributed by atoms with Crippen LogP contribution in [0.4, 0.5) is 4.39 Å². The summed E-state index contributed by atoms with van der Waals surface area (Å²) in [4.78, 5) is 3.61. The highest BCUT2D eigenvalue weighted by molar-refractivity contribution is 9.10. The third-order valence-electron chi connectivity index (χ3n) is 1.09. The number of hydrogen-bond acceptors (Lipinski definition) is 1. The Morgan fingerprint density at radius 2 is 2.30 bits per heavy atom. The van der Waals surface area contributed by atoms with Gasteiger partial charge in [0.05, 0.1) is 12.1 Å². The number of alkyl halides is 1. The quantitative estimate of drug-likeness (QED) is 0.669. The van der Waals surface area contributed by atoms with Crippen molar-refractivity contribution in [1.29, 1.82) is 0 Å². The Morgan fingerprint density at radius 3 is 2.70 bits per heavy atom. The first-order valence-corrected chi connectivity index (χ1v) is 3.92. The summed E-state index contributed by atoms with van der Waals surface area (Å²) in [6, 6.07) is 0. The monoisotopic (exact) mass is 223 g/mol. The van der Waals surface area contributed by atoms with E-state index < -0.39 is 0 Å². The molecule has 4 heteroatoms. The van der Waals surface area contributed by atoms with E-state index in [0.29, 0.717) is 10.0 Å². The maximum Gasteiger partial charge on any atom is 0.147 e. The standard InChI is InChI=1S/C6H4BrClFN/c7-5-2-10-3-6(9)4(5)1-8/h2-3H,1H2. The predicted molar refractivity (Wildman–Crippen MR) is 41.5 cm³/mol. The molecule has 0 spiro atoms. The first-order valence-electron chi connectivity index (χ1n) is 2.59. The maximum atomic E-state index is 12.7. The zero-order chi connectivity index (χ0) is 7.56. The minimum absolute atomic E-state index is 0.162. The van der Waals surface area contributed by atoms with Crippen LogP contribution in [-0.4, -0.2) is 4.98 Å². The number of rotatable bonds is 1. The molecular formula is C6H4BrClFN. The van der Waals surface area contributed by atoms with Gasteiger partial charge in [0.1, 0.15) is 5.82 Å². The van der Waals surface area contributed by atoms with Gasteiger partial charge in [0, 0.05) is 16.2 Å². The van der Waals surface area contributed by atoms with Crippen molar-refractivity contribution in [2.75, 3.05) is 0 Å². The molecule has 0 unspecified atom stereocenters. The van der Waals surface area contributed by atoms with Crippen LogP contribution in [0.3, 0.4) is 0 Å². The number of nitrogens with zero attached hydrogens (tertiary/aromatic N) is 1. The summed E-state index contributed by atoms with van der Waals surface area (Å²) in [6.45, 7) is 0. The van der Waals surface area contributed by atoms with E-state index in [0.717, 1.165) is 6.20 Å². The zero-order valence-corrected chi connectivity index (χ0v) is 7.28. The van der Waals surface area contributed by atoms with E-state index in [1.54, 1.807) is 0 Å². The van der Waals surface area contributed by atoms with Gasteiger partial charge in [-0.05, 0) is 15.9 Å². The Morgan fingerprint density at radius 1 is 1.60 bits per heavy atom. The van der Waals surface area contributed by atoms with E-state index in [9.17, 15) is 4.39 Å². The maximum absolute atomic E-state index is 12.7. The van der Waals surface area contributed by atoms with Crippen LogP contribution in [0.25, 0.3) is 0 Å². The van der Waals surface area contributed by atoms with Crippen LogP contribution in [-0.2, 0) is 5.88 Å². The van der Waals surface area contributed by atoms with Crippen molar-refractivity contribution in [3.05, 3.63) is 28.2 Å². The summed E-state index contributed by atoms with van der Waals surface area (Å²) in [7, 11) is 0. The summed E-state index contributed by atoms with van der Waals surface area (Å²) in [5.74, 6) is -0.209. The van der Waals surface area contributed by atoms with Gasteiger partial charge in [-0.25, -0.2) is 4.39 Å². The smallest absolute Gasteiger partial charge is 0.147 e. The van der Waals surface area contributed by atoms with Crippen LogP contribution in [0, 0.1) is 5.82 Å². The second kappa shape index (κ2) is 3.30. The van der Waals surface area contributed by atoms with Crippen LogP contribution in [0.5, 0.6) is 0 Å². The highest BCUT2D eigenvalue weighted by atomic mass is 79.9. The molecule has 0 atom stereocenters. The first-order chi connectivity index (χ1) is 4.75. The van der Waals surface area contributed by atoms with Gasteiger partial charge >= 0.3 is 0 Å². The van der Waals surface area contributed by atoms with Crippen molar-refractivity contribution in [1.82, 2.24) is 4.98 Å². The molecule has 1 aromatic rings. The summed E-state index contributed by atoms with van der Waals surface area (Å²) in [5, 5.41) is 0. The summed E-state index contributed by atoms with van der Waals surface area (Å²) < 4.78 is 13.3. The minimum Gasteiger partial charge on any atom is -0.260 e. The van der Waals surface area contributed by atoms with Crippen molar-refractivity contribution in [2.24, 2.45) is 0 Å². The van der Waals surface area contributed by atoms with Gasteiger partial charge in [-0.3, -0.25) is 4.98 Å². The molecule has 0 amide bonds. The average Bonchev–Trinajstić information content (AvgIpc) is 1.88. The Labute approximate surface area is 71.4 Å². The predicted octanol–water partition coefficient (Wildman–Crippen LogP) is 2.72. The molecule has 0 saturated heterocycles. The largest absolute Gasteiger partial charge is 0.260 e. The minimum atomic E-state index is -0.371. The molecule has 0 bridgehead atoms. The van der Waals surface area contributed by atoms with Crippen molar-refractivity contribution in [2.45, 2.75) is 5.88 Å². The lowest BCUT2D eigenvalue weighted by Gasteiger charge is -1.98. The fraction of sp³-hybridized carbons (Fsp3) is 0.167. The molecule has 0 fully saturated rings. The van der Waals surface area contributed by atoms with Crippen LogP contribution in [0.2, 0.25) is 0 Å². The number of pyridine rings is 1. The zero-order valence-electron chi connectivity index (χ0n) is 4.94. The molecule has 1 heterocycles. The van der Waals surface area contributed by atoms with Crippen molar-refractivity contribution in [3.8, 4) is 0 Å². The third-order valence-corrected chi connectivity index (χ3v) is 2.04. The van der Waals surface area contributed by atoms with Crippen molar-refractivity contribution < 1.29 is 4.39 Å². The molecule has 0 aliphatic carbocycles. The average molecular weight is 224 g/mol. The molecule has 54 valence electrons. The lowest BCUT2D eigenvalue weighted by atomic mass is 10.3. The van der Waals surface area contributed by atoms with Crippen molar-refractivity contribution >= 4 is 27.5 Å². The summed E-state index contributed by atoms with van der Waals surface area (Å²) in [5.41, 5.74) is 0.455. The van der Waals surface area contributed by atoms with Crippen LogP contribution in [0.1, 0.15) is 5.56 Å². The van der Waals surface area contributed by atoms with Crippen LogP contribution in [0.15, 0.2) is 16.9 Å². The fourth-order valence-corrected chi connectivity index (χ4v) is 1.45. The lowest BCUT2D eigenvalue weighted by molar-refractivity contribution is 0.609. The topological polar surface area (TPSA) is 12.9 Å². The van der Waals surface area contributed by atoms with Gasteiger partial charge < -0.3 is 0 Å². The highest BCUT2D eigenvalue weighted by Crippen LogP contribution is 2.19.